The fourth-order valence-corrected chi connectivity index (χ4v) is 7.37. The molecule has 206 valence electrons. The smallest absolute Gasteiger partial charge is 0.0541 e. The van der Waals surface area contributed by atoms with Gasteiger partial charge in [0.05, 0.1) is 11.0 Å². The third kappa shape index (κ3) is 3.66. The average molecular weight is 560 g/mol. The minimum Gasteiger partial charge on any atom is -0.309 e. The van der Waals surface area contributed by atoms with Crippen LogP contribution in [0.5, 0.6) is 0 Å². The summed E-state index contributed by atoms with van der Waals surface area (Å²) in [6.07, 6.45) is 0. The average Bonchev–Trinajstić information content (AvgIpc) is 3.42. The summed E-state index contributed by atoms with van der Waals surface area (Å²) in [5, 5.41) is 10.2. The summed E-state index contributed by atoms with van der Waals surface area (Å²) in [5.41, 5.74) is 10.0. The van der Waals surface area contributed by atoms with Crippen molar-refractivity contribution in [3.05, 3.63) is 163 Å². The summed E-state index contributed by atoms with van der Waals surface area (Å²) in [6, 6.07) is 57.7. The molecule has 1 heterocycles. The number of nitrogens with zero attached hydrogens (tertiary/aromatic N) is 1. The molecule has 0 N–H and O–H groups in total. The molecular formula is C43H29N. The van der Waals surface area contributed by atoms with Crippen LogP contribution in [0.25, 0.3) is 82.1 Å². The molecule has 0 atom stereocenters. The Bertz CT molecular complexity index is 2440. The van der Waals surface area contributed by atoms with Crippen molar-refractivity contribution in [3.63, 3.8) is 0 Å². The lowest BCUT2D eigenvalue weighted by atomic mass is 9.85. The van der Waals surface area contributed by atoms with E-state index in [2.05, 4.69) is 169 Å². The number of rotatable bonds is 3. The molecule has 1 aromatic heterocycles. The van der Waals surface area contributed by atoms with Crippen LogP contribution in [0.1, 0.15) is 5.56 Å². The maximum absolute atomic E-state index is 2.40. The van der Waals surface area contributed by atoms with Gasteiger partial charge in [-0.1, -0.05) is 127 Å². The van der Waals surface area contributed by atoms with E-state index >= 15 is 0 Å². The first-order chi connectivity index (χ1) is 21.8. The van der Waals surface area contributed by atoms with Crippen LogP contribution >= 0.6 is 0 Å². The Labute approximate surface area is 256 Å². The van der Waals surface area contributed by atoms with Gasteiger partial charge in [-0.3, -0.25) is 0 Å². The van der Waals surface area contributed by atoms with Crippen molar-refractivity contribution >= 4 is 54.1 Å². The number of aromatic nitrogens is 1. The van der Waals surface area contributed by atoms with Crippen LogP contribution in [0.3, 0.4) is 0 Å². The van der Waals surface area contributed by atoms with Gasteiger partial charge in [-0.2, -0.15) is 0 Å². The Morgan fingerprint density at radius 3 is 1.41 bits per heavy atom. The van der Waals surface area contributed by atoms with E-state index in [4.69, 9.17) is 0 Å². The molecule has 0 radical (unpaired) electrons. The van der Waals surface area contributed by atoms with Crippen LogP contribution in [0.2, 0.25) is 0 Å². The molecule has 0 saturated heterocycles. The highest BCUT2D eigenvalue weighted by atomic mass is 15.0. The summed E-state index contributed by atoms with van der Waals surface area (Å²) in [7, 11) is 0. The normalized spacial score (nSPS) is 11.8. The molecule has 1 nitrogen and oxygen atoms in total. The van der Waals surface area contributed by atoms with Gasteiger partial charge in [0.25, 0.3) is 0 Å². The van der Waals surface area contributed by atoms with Crippen molar-refractivity contribution in [1.82, 2.24) is 4.57 Å². The molecule has 44 heavy (non-hydrogen) atoms. The summed E-state index contributed by atoms with van der Waals surface area (Å²) in [4.78, 5) is 0. The number of aryl methyl sites for hydroxylation is 1. The van der Waals surface area contributed by atoms with Gasteiger partial charge in [0, 0.05) is 16.5 Å². The van der Waals surface area contributed by atoms with Crippen molar-refractivity contribution < 1.29 is 0 Å². The summed E-state index contributed by atoms with van der Waals surface area (Å²) in [5.74, 6) is 0. The second-order valence-electron chi connectivity index (χ2n) is 11.8. The zero-order chi connectivity index (χ0) is 29.2. The first-order valence-electron chi connectivity index (χ1n) is 15.3. The predicted molar refractivity (Wildman–Crippen MR) is 189 cm³/mol. The quantitative estimate of drug-likeness (QED) is 0.190. The molecule has 9 aromatic rings. The highest BCUT2D eigenvalue weighted by Gasteiger charge is 2.18. The predicted octanol–water partition coefficient (Wildman–Crippen LogP) is 11.9. The SMILES string of the molecule is Cc1cc(-c2c3ccccc3c(-c3ccccc3)c3ccccc23)cc2ccc(-n3c4ccccc4c4ccccc43)cc12. The topological polar surface area (TPSA) is 4.93 Å². The van der Waals surface area contributed by atoms with E-state index in [1.807, 2.05) is 0 Å². The standard InChI is InChI=1S/C43H29N/c1-28-25-31(43-37-19-7-5-17-35(37)42(29-13-3-2-4-14-29)36-18-6-8-20-38(36)43)26-30-23-24-32(27-39(28)30)44-40-21-11-9-15-33(40)34-16-10-12-22-41(34)44/h2-27H,1H3. The largest absolute Gasteiger partial charge is 0.309 e. The Morgan fingerprint density at radius 2 is 0.841 bits per heavy atom. The molecule has 0 saturated carbocycles. The van der Waals surface area contributed by atoms with Crippen molar-refractivity contribution in [2.24, 2.45) is 0 Å². The molecule has 0 aliphatic heterocycles. The summed E-state index contributed by atoms with van der Waals surface area (Å²) >= 11 is 0. The number of fused-ring (bicyclic) bond motifs is 6. The number of hydrogen-bond donors (Lipinski definition) is 0. The lowest BCUT2D eigenvalue weighted by Gasteiger charge is -2.19. The second-order valence-corrected chi connectivity index (χ2v) is 11.8. The van der Waals surface area contributed by atoms with Gasteiger partial charge in [0.2, 0.25) is 0 Å². The van der Waals surface area contributed by atoms with Crippen LogP contribution in [-0.2, 0) is 0 Å². The first-order valence-corrected chi connectivity index (χ1v) is 15.3. The maximum atomic E-state index is 2.40. The molecular weight excluding hydrogens is 530 g/mol. The van der Waals surface area contributed by atoms with Gasteiger partial charge in [-0.05, 0) is 97.4 Å². The molecule has 0 aliphatic carbocycles. The van der Waals surface area contributed by atoms with E-state index < -0.39 is 0 Å². The molecule has 0 amide bonds. The number of para-hydroxylation sites is 2. The van der Waals surface area contributed by atoms with Crippen LogP contribution in [-0.4, -0.2) is 4.57 Å². The molecule has 0 unspecified atom stereocenters. The minimum absolute atomic E-state index is 1.19. The highest BCUT2D eigenvalue weighted by Crippen LogP contribution is 2.44. The van der Waals surface area contributed by atoms with Crippen molar-refractivity contribution in [1.29, 1.82) is 0 Å². The van der Waals surface area contributed by atoms with E-state index in [0.29, 0.717) is 0 Å². The van der Waals surface area contributed by atoms with Crippen LogP contribution in [0.4, 0.5) is 0 Å². The van der Waals surface area contributed by atoms with E-state index in [-0.39, 0.29) is 0 Å². The van der Waals surface area contributed by atoms with Crippen molar-refractivity contribution in [3.8, 4) is 27.9 Å². The first kappa shape index (κ1) is 24.9. The van der Waals surface area contributed by atoms with Crippen LogP contribution in [0, 0.1) is 6.92 Å². The van der Waals surface area contributed by atoms with Crippen molar-refractivity contribution in [2.75, 3.05) is 0 Å². The van der Waals surface area contributed by atoms with E-state index in [0.717, 1.165) is 0 Å². The van der Waals surface area contributed by atoms with E-state index in [1.165, 1.54) is 87.6 Å². The van der Waals surface area contributed by atoms with Crippen LogP contribution < -0.4 is 0 Å². The molecule has 9 rings (SSSR count). The van der Waals surface area contributed by atoms with Gasteiger partial charge >= 0.3 is 0 Å². The number of benzene rings is 8. The highest BCUT2D eigenvalue weighted by molar-refractivity contribution is 6.22. The zero-order valence-electron chi connectivity index (χ0n) is 24.5. The molecule has 0 spiro atoms. The Hall–Kier alpha value is -5.66. The van der Waals surface area contributed by atoms with Crippen molar-refractivity contribution in [2.45, 2.75) is 6.92 Å². The Morgan fingerprint density at radius 1 is 0.364 bits per heavy atom. The lowest BCUT2D eigenvalue weighted by Crippen LogP contribution is -1.95. The fraction of sp³-hybridized carbons (Fsp3) is 0.0233. The van der Waals surface area contributed by atoms with E-state index in [9.17, 15) is 0 Å². The second kappa shape index (κ2) is 9.69. The van der Waals surface area contributed by atoms with Gasteiger partial charge in [-0.15, -0.1) is 0 Å². The van der Waals surface area contributed by atoms with Gasteiger partial charge < -0.3 is 4.57 Å². The lowest BCUT2D eigenvalue weighted by molar-refractivity contribution is 1.18. The fourth-order valence-electron chi connectivity index (χ4n) is 7.37. The van der Waals surface area contributed by atoms with Gasteiger partial charge in [0.15, 0.2) is 0 Å². The molecule has 1 heteroatoms. The third-order valence-electron chi connectivity index (χ3n) is 9.27. The molecule has 0 bridgehead atoms. The maximum Gasteiger partial charge on any atom is 0.0541 e. The Kier molecular flexibility index (Phi) is 5.48. The van der Waals surface area contributed by atoms with E-state index in [1.54, 1.807) is 0 Å². The summed E-state index contributed by atoms with van der Waals surface area (Å²) in [6.45, 7) is 2.25. The Balaban J connectivity index is 1.29. The summed E-state index contributed by atoms with van der Waals surface area (Å²) < 4.78 is 2.40. The van der Waals surface area contributed by atoms with Gasteiger partial charge in [0.1, 0.15) is 0 Å². The monoisotopic (exact) mass is 559 g/mol. The molecule has 0 fully saturated rings. The molecule has 8 aromatic carbocycles. The van der Waals surface area contributed by atoms with Gasteiger partial charge in [-0.25, -0.2) is 0 Å². The number of hydrogen-bond acceptors (Lipinski definition) is 0. The third-order valence-corrected chi connectivity index (χ3v) is 9.27. The zero-order valence-corrected chi connectivity index (χ0v) is 24.5. The molecule has 0 aliphatic rings. The minimum atomic E-state index is 1.19. The van der Waals surface area contributed by atoms with Crippen LogP contribution in [0.15, 0.2) is 158 Å².